The lowest BCUT2D eigenvalue weighted by molar-refractivity contribution is 0.475. The van der Waals surface area contributed by atoms with Crippen LogP contribution in [0.5, 0.6) is 5.75 Å². The maximum atomic E-state index is 8.63. The van der Waals surface area contributed by atoms with E-state index in [0.29, 0.717) is 5.75 Å². The van der Waals surface area contributed by atoms with Crippen LogP contribution in [0.3, 0.4) is 0 Å². The molecule has 23 heavy (non-hydrogen) atoms. The number of nitrogen functional groups attached to an aromatic ring is 2. The average molecular weight is 308 g/mol. The highest BCUT2D eigenvalue weighted by atomic mass is 16.3. The summed E-state index contributed by atoms with van der Waals surface area (Å²) in [6, 6.07) is 24.3. The Morgan fingerprint density at radius 3 is 1.13 bits per heavy atom. The fourth-order valence-electron chi connectivity index (χ4n) is 1.60. The van der Waals surface area contributed by atoms with Crippen molar-refractivity contribution in [3.63, 3.8) is 0 Å². The third-order valence-electron chi connectivity index (χ3n) is 3.13. The van der Waals surface area contributed by atoms with E-state index in [9.17, 15) is 0 Å². The zero-order valence-electron chi connectivity index (χ0n) is 13.6. The van der Waals surface area contributed by atoms with Crippen molar-refractivity contribution in [1.82, 2.24) is 0 Å². The molecule has 0 unspecified atom stereocenters. The maximum Gasteiger partial charge on any atom is 0.115 e. The monoisotopic (exact) mass is 308 g/mol. The summed E-state index contributed by atoms with van der Waals surface area (Å²) in [5, 5.41) is 8.63. The van der Waals surface area contributed by atoms with Gasteiger partial charge in [-0.05, 0) is 49.2 Å². The summed E-state index contributed by atoms with van der Waals surface area (Å²) in [5.41, 5.74) is 15.1. The molecule has 0 radical (unpaired) electrons. The summed E-state index contributed by atoms with van der Waals surface area (Å²) in [5.74, 6) is 0.322. The molecule has 0 aliphatic carbocycles. The Morgan fingerprint density at radius 2 is 0.913 bits per heavy atom. The van der Waals surface area contributed by atoms with Crippen molar-refractivity contribution in [3.8, 4) is 5.75 Å². The third-order valence-corrected chi connectivity index (χ3v) is 3.13. The number of phenols is 1. The van der Waals surface area contributed by atoms with Crippen molar-refractivity contribution in [1.29, 1.82) is 0 Å². The van der Waals surface area contributed by atoms with Gasteiger partial charge in [-0.25, -0.2) is 0 Å². The van der Waals surface area contributed by atoms with Crippen LogP contribution in [-0.2, 0) is 0 Å². The number of rotatable bonds is 0. The van der Waals surface area contributed by atoms with Crippen LogP contribution >= 0.6 is 0 Å². The first kappa shape index (κ1) is 18.1. The van der Waals surface area contributed by atoms with Crippen LogP contribution in [0.4, 0.5) is 11.4 Å². The molecule has 0 aromatic heterocycles. The van der Waals surface area contributed by atoms with Gasteiger partial charge in [0.25, 0.3) is 0 Å². The third kappa shape index (κ3) is 7.58. The predicted octanol–water partition coefficient (Wildman–Crippen LogP) is 4.55. The first-order valence-corrected chi connectivity index (χ1v) is 7.37. The molecule has 0 saturated carbocycles. The van der Waals surface area contributed by atoms with Crippen molar-refractivity contribution < 1.29 is 5.11 Å². The molecule has 0 aliphatic rings. The Labute approximate surface area is 138 Å². The van der Waals surface area contributed by atoms with E-state index in [-0.39, 0.29) is 0 Å². The Kier molecular flexibility index (Phi) is 7.79. The number of para-hydroxylation sites is 3. The van der Waals surface area contributed by atoms with Gasteiger partial charge >= 0.3 is 0 Å². The Hall–Kier alpha value is -2.94. The molecule has 3 aromatic rings. The smallest absolute Gasteiger partial charge is 0.115 e. The summed E-state index contributed by atoms with van der Waals surface area (Å²) < 4.78 is 0. The number of benzene rings is 3. The van der Waals surface area contributed by atoms with Gasteiger partial charge in [0, 0.05) is 11.4 Å². The number of anilines is 2. The van der Waals surface area contributed by atoms with Crippen molar-refractivity contribution in [2.45, 2.75) is 13.8 Å². The zero-order chi connectivity index (χ0) is 17.1. The minimum absolute atomic E-state index is 0.322. The van der Waals surface area contributed by atoms with Gasteiger partial charge in [0.15, 0.2) is 0 Å². The second kappa shape index (κ2) is 9.90. The van der Waals surface area contributed by atoms with Crippen LogP contribution in [0.25, 0.3) is 0 Å². The number of aryl methyl sites for hydroxylation is 2. The quantitative estimate of drug-likeness (QED) is 0.534. The van der Waals surface area contributed by atoms with Crippen LogP contribution in [0.1, 0.15) is 11.1 Å². The van der Waals surface area contributed by atoms with Crippen molar-refractivity contribution >= 4 is 11.4 Å². The predicted molar refractivity (Wildman–Crippen MR) is 99.3 cm³/mol. The molecule has 0 saturated heterocycles. The number of nitrogens with two attached hydrogens (primary N) is 2. The highest BCUT2D eigenvalue weighted by molar-refractivity contribution is 5.45. The van der Waals surface area contributed by atoms with E-state index in [0.717, 1.165) is 22.5 Å². The van der Waals surface area contributed by atoms with Gasteiger partial charge in [0.1, 0.15) is 5.75 Å². The normalized spacial score (nSPS) is 8.96. The van der Waals surface area contributed by atoms with Crippen LogP contribution in [-0.4, -0.2) is 5.11 Å². The molecule has 120 valence electrons. The van der Waals surface area contributed by atoms with Crippen LogP contribution in [0.15, 0.2) is 78.9 Å². The summed E-state index contributed by atoms with van der Waals surface area (Å²) in [6.07, 6.45) is 0. The summed E-state index contributed by atoms with van der Waals surface area (Å²) in [4.78, 5) is 0. The molecule has 0 atom stereocenters. The Bertz CT molecular complexity index is 611. The standard InChI is InChI=1S/2C7H9N.C6H6O/c2*1-6-4-2-3-5-7(6)8;7-6-4-2-1-3-5-6/h2*2-5H,8H2,1H3;1-5,7H. The molecule has 0 spiro atoms. The first-order chi connectivity index (χ1) is 11.0. The minimum Gasteiger partial charge on any atom is -0.508 e. The highest BCUT2D eigenvalue weighted by Crippen LogP contribution is 2.07. The number of phenolic OH excluding ortho intramolecular Hbond substituents is 1. The lowest BCUT2D eigenvalue weighted by Crippen LogP contribution is -1.85. The van der Waals surface area contributed by atoms with Crippen LogP contribution in [0.2, 0.25) is 0 Å². The van der Waals surface area contributed by atoms with Gasteiger partial charge < -0.3 is 16.6 Å². The number of aromatic hydroxyl groups is 1. The molecule has 5 N–H and O–H groups in total. The van der Waals surface area contributed by atoms with Crippen molar-refractivity contribution in [2.24, 2.45) is 0 Å². The molecular formula is C20H24N2O. The van der Waals surface area contributed by atoms with E-state index >= 15 is 0 Å². The largest absolute Gasteiger partial charge is 0.508 e. The van der Waals surface area contributed by atoms with Gasteiger partial charge in [-0.2, -0.15) is 0 Å². The summed E-state index contributed by atoms with van der Waals surface area (Å²) in [7, 11) is 0. The van der Waals surface area contributed by atoms with E-state index in [1.807, 2.05) is 68.4 Å². The molecular weight excluding hydrogens is 284 g/mol. The maximum absolute atomic E-state index is 8.63. The van der Waals surface area contributed by atoms with Gasteiger partial charge in [-0.15, -0.1) is 0 Å². The van der Waals surface area contributed by atoms with E-state index in [1.54, 1.807) is 24.3 Å². The average Bonchev–Trinajstić information content (AvgIpc) is 2.55. The molecule has 0 amide bonds. The second-order valence-corrected chi connectivity index (χ2v) is 5.05. The fraction of sp³-hybridized carbons (Fsp3) is 0.100. The molecule has 0 heterocycles. The first-order valence-electron chi connectivity index (χ1n) is 7.37. The molecule has 0 aliphatic heterocycles. The van der Waals surface area contributed by atoms with Crippen LogP contribution in [0, 0.1) is 13.8 Å². The molecule has 3 nitrogen and oxygen atoms in total. The highest BCUT2D eigenvalue weighted by Gasteiger charge is 1.85. The molecule has 3 aromatic carbocycles. The minimum atomic E-state index is 0.322. The molecule has 0 bridgehead atoms. The summed E-state index contributed by atoms with van der Waals surface area (Å²) >= 11 is 0. The zero-order valence-corrected chi connectivity index (χ0v) is 13.6. The molecule has 3 heteroatoms. The summed E-state index contributed by atoms with van der Waals surface area (Å²) in [6.45, 7) is 3.99. The van der Waals surface area contributed by atoms with Gasteiger partial charge in [0.05, 0.1) is 0 Å². The van der Waals surface area contributed by atoms with Gasteiger partial charge in [0.2, 0.25) is 0 Å². The van der Waals surface area contributed by atoms with Crippen molar-refractivity contribution in [2.75, 3.05) is 11.5 Å². The topological polar surface area (TPSA) is 72.3 Å². The van der Waals surface area contributed by atoms with Crippen LogP contribution < -0.4 is 11.5 Å². The van der Waals surface area contributed by atoms with Gasteiger partial charge in [-0.1, -0.05) is 54.6 Å². The number of hydrogen-bond donors (Lipinski definition) is 3. The number of hydrogen-bond acceptors (Lipinski definition) is 3. The fourth-order valence-corrected chi connectivity index (χ4v) is 1.60. The van der Waals surface area contributed by atoms with Crippen molar-refractivity contribution in [3.05, 3.63) is 90.0 Å². The van der Waals surface area contributed by atoms with E-state index < -0.39 is 0 Å². The molecule has 0 fully saturated rings. The lowest BCUT2D eigenvalue weighted by atomic mass is 10.2. The Morgan fingerprint density at radius 1 is 0.565 bits per heavy atom. The van der Waals surface area contributed by atoms with Gasteiger partial charge in [-0.3, -0.25) is 0 Å². The SMILES string of the molecule is Cc1ccccc1N.Cc1ccccc1N.Oc1ccccc1. The lowest BCUT2D eigenvalue weighted by Gasteiger charge is -1.93. The van der Waals surface area contributed by atoms with E-state index in [4.69, 9.17) is 16.6 Å². The van der Waals surface area contributed by atoms with E-state index in [2.05, 4.69) is 0 Å². The molecule has 3 rings (SSSR count). The Balaban J connectivity index is 0.000000173. The second-order valence-electron chi connectivity index (χ2n) is 5.05. The van der Waals surface area contributed by atoms with E-state index in [1.165, 1.54) is 0 Å².